The monoisotopic (exact) mass is 1310 g/mol. The normalized spacial score (nSPS) is 14.0. The van der Waals surface area contributed by atoms with Gasteiger partial charge in [-0.25, -0.2) is 9.13 Å². The molecule has 3 N–H and O–H groups in total. The van der Waals surface area contributed by atoms with Gasteiger partial charge in [-0.3, -0.25) is 37.3 Å². The maximum absolute atomic E-state index is 13.0. The molecule has 0 aromatic heterocycles. The predicted molar refractivity (Wildman–Crippen MR) is 359 cm³/mol. The minimum absolute atomic E-state index is 0.107. The second-order valence-corrected chi connectivity index (χ2v) is 28.2. The highest BCUT2D eigenvalue weighted by molar-refractivity contribution is 7.47. The summed E-state index contributed by atoms with van der Waals surface area (Å²) < 4.78 is 68.2. The smallest absolute Gasteiger partial charge is 0.462 e. The van der Waals surface area contributed by atoms with Crippen LogP contribution in [0.25, 0.3) is 0 Å². The zero-order valence-electron chi connectivity index (χ0n) is 57.4. The van der Waals surface area contributed by atoms with Gasteiger partial charge in [0.25, 0.3) is 0 Å². The van der Waals surface area contributed by atoms with E-state index in [-0.39, 0.29) is 25.7 Å². The summed E-state index contributed by atoms with van der Waals surface area (Å²) in [6.07, 6.45) is 52.7. The van der Waals surface area contributed by atoms with E-state index in [1.165, 1.54) is 186 Å². The Bertz CT molecular complexity index is 1710. The molecule has 0 saturated carbocycles. The van der Waals surface area contributed by atoms with Crippen LogP contribution in [0.4, 0.5) is 0 Å². The number of hydrogen-bond donors (Lipinski definition) is 3. The van der Waals surface area contributed by atoms with Crippen molar-refractivity contribution in [1.82, 2.24) is 0 Å². The zero-order valence-corrected chi connectivity index (χ0v) is 59.2. The van der Waals surface area contributed by atoms with Crippen molar-refractivity contribution in [3.63, 3.8) is 0 Å². The molecule has 0 aromatic rings. The molecule has 0 aliphatic heterocycles. The first-order chi connectivity index (χ1) is 43.2. The standard InChI is InChI=1S/C70H136O17P2/c1-5-9-13-17-21-24-27-30-31-32-33-34-35-38-41-45-49-53-57-70(75)87-66(61-81-68(73)55-51-47-43-39-36-28-25-22-18-14-10-6-2)63-85-89(78,79)83-59-64(71)58-82-88(76,77)84-62-65(60-80-67(72)54-50-46-42-20-16-12-8-4)86-69(74)56-52-48-44-40-37-29-26-23-19-15-11-7-3/h64-66,71H,5-63H2,1-4H3,(H,76,77)(H,78,79)/t64-,65+,66+/m0/s1. The van der Waals surface area contributed by atoms with Crippen LogP contribution >= 0.6 is 15.6 Å². The Morgan fingerprint density at radius 3 is 0.663 bits per heavy atom. The molecule has 0 radical (unpaired) electrons. The van der Waals surface area contributed by atoms with E-state index in [0.29, 0.717) is 25.7 Å². The van der Waals surface area contributed by atoms with E-state index in [1.807, 2.05) is 0 Å². The SMILES string of the molecule is CCCCCCCCCCCCCCCCCCCCC(=O)O[C@H](COC(=O)CCCCCCCCCCCCCC)COP(=O)(O)OC[C@@H](O)COP(=O)(O)OC[C@@H](COC(=O)CCCCCCCCC)OC(=O)CCCCCCCCCCCCCC. The van der Waals surface area contributed by atoms with Gasteiger partial charge < -0.3 is 33.8 Å². The van der Waals surface area contributed by atoms with E-state index < -0.39 is 97.5 Å². The van der Waals surface area contributed by atoms with E-state index in [4.69, 9.17) is 37.0 Å². The molecule has 0 bridgehead atoms. The number of hydrogen-bond acceptors (Lipinski definition) is 15. The van der Waals surface area contributed by atoms with Gasteiger partial charge in [0.1, 0.15) is 19.3 Å². The molecule has 0 aliphatic rings. The molecule has 528 valence electrons. The highest BCUT2D eigenvalue weighted by Crippen LogP contribution is 2.45. The second-order valence-electron chi connectivity index (χ2n) is 25.3. The van der Waals surface area contributed by atoms with Crippen LogP contribution in [0, 0.1) is 0 Å². The number of ether oxygens (including phenoxy) is 4. The minimum Gasteiger partial charge on any atom is -0.462 e. The number of carbonyl (C=O) groups is 4. The van der Waals surface area contributed by atoms with Gasteiger partial charge in [-0.15, -0.1) is 0 Å². The Morgan fingerprint density at radius 1 is 0.270 bits per heavy atom. The van der Waals surface area contributed by atoms with E-state index in [1.54, 1.807) is 0 Å². The van der Waals surface area contributed by atoms with Gasteiger partial charge in [0.05, 0.1) is 26.4 Å². The van der Waals surface area contributed by atoms with Crippen molar-refractivity contribution in [1.29, 1.82) is 0 Å². The van der Waals surface area contributed by atoms with Crippen LogP contribution in [0.1, 0.15) is 368 Å². The van der Waals surface area contributed by atoms with Crippen molar-refractivity contribution in [3.05, 3.63) is 0 Å². The summed E-state index contributed by atoms with van der Waals surface area (Å²) in [5.41, 5.74) is 0. The molecule has 17 nitrogen and oxygen atoms in total. The van der Waals surface area contributed by atoms with Gasteiger partial charge in [0, 0.05) is 25.7 Å². The molecule has 2 unspecified atom stereocenters. The van der Waals surface area contributed by atoms with Gasteiger partial charge in [-0.05, 0) is 25.7 Å². The van der Waals surface area contributed by atoms with Gasteiger partial charge >= 0.3 is 39.5 Å². The van der Waals surface area contributed by atoms with Crippen LogP contribution in [-0.2, 0) is 65.4 Å². The Kier molecular flexibility index (Phi) is 63.3. The first-order valence-electron chi connectivity index (χ1n) is 36.8. The van der Waals surface area contributed by atoms with Crippen LogP contribution in [0.5, 0.6) is 0 Å². The van der Waals surface area contributed by atoms with E-state index in [2.05, 4.69) is 27.7 Å². The average molecular weight is 1310 g/mol. The molecular weight excluding hydrogens is 1170 g/mol. The van der Waals surface area contributed by atoms with Gasteiger partial charge in [0.15, 0.2) is 12.2 Å². The third kappa shape index (κ3) is 64.6. The van der Waals surface area contributed by atoms with E-state index >= 15 is 0 Å². The lowest BCUT2D eigenvalue weighted by Gasteiger charge is -2.21. The Morgan fingerprint density at radius 2 is 0.449 bits per heavy atom. The summed E-state index contributed by atoms with van der Waals surface area (Å²) in [5.74, 6) is -2.12. The van der Waals surface area contributed by atoms with Crippen molar-refractivity contribution in [2.75, 3.05) is 39.6 Å². The van der Waals surface area contributed by atoms with Crippen molar-refractivity contribution in [2.24, 2.45) is 0 Å². The third-order valence-corrected chi connectivity index (χ3v) is 18.3. The Hall–Kier alpha value is -1.94. The van der Waals surface area contributed by atoms with Gasteiger partial charge in [-0.2, -0.15) is 0 Å². The number of unbranched alkanes of at least 4 members (excludes halogenated alkanes) is 45. The number of phosphoric ester groups is 2. The number of phosphoric acid groups is 2. The highest BCUT2D eigenvalue weighted by Gasteiger charge is 2.30. The number of carbonyl (C=O) groups excluding carboxylic acids is 4. The average Bonchev–Trinajstić information content (AvgIpc) is 3.73. The molecule has 0 heterocycles. The topological polar surface area (TPSA) is 237 Å². The maximum atomic E-state index is 13.0. The molecule has 0 aromatic carbocycles. The fourth-order valence-corrected chi connectivity index (χ4v) is 12.3. The highest BCUT2D eigenvalue weighted by atomic mass is 31.2. The van der Waals surface area contributed by atoms with Crippen molar-refractivity contribution < 1.29 is 80.2 Å². The summed E-state index contributed by atoms with van der Waals surface area (Å²) in [6, 6.07) is 0. The lowest BCUT2D eigenvalue weighted by Crippen LogP contribution is -2.30. The maximum Gasteiger partial charge on any atom is 0.472 e. The Balaban J connectivity index is 5.18. The Labute approximate surface area is 543 Å². The molecule has 0 spiro atoms. The summed E-state index contributed by atoms with van der Waals surface area (Å²) >= 11 is 0. The molecule has 0 amide bonds. The number of esters is 4. The van der Waals surface area contributed by atoms with E-state index in [9.17, 15) is 43.2 Å². The van der Waals surface area contributed by atoms with Crippen LogP contribution < -0.4 is 0 Å². The lowest BCUT2D eigenvalue weighted by atomic mass is 10.0. The lowest BCUT2D eigenvalue weighted by molar-refractivity contribution is -0.161. The van der Waals surface area contributed by atoms with Crippen LogP contribution in [0.2, 0.25) is 0 Å². The largest absolute Gasteiger partial charge is 0.472 e. The zero-order chi connectivity index (χ0) is 65.4. The number of aliphatic hydroxyl groups excluding tert-OH is 1. The molecule has 0 rings (SSSR count). The molecule has 0 fully saturated rings. The molecule has 19 heteroatoms. The van der Waals surface area contributed by atoms with Gasteiger partial charge in [-0.1, -0.05) is 317 Å². The first-order valence-corrected chi connectivity index (χ1v) is 39.8. The fraction of sp³-hybridized carbons (Fsp3) is 0.943. The molecule has 5 atom stereocenters. The summed E-state index contributed by atoms with van der Waals surface area (Å²) in [4.78, 5) is 72.4. The van der Waals surface area contributed by atoms with Crippen molar-refractivity contribution in [2.45, 2.75) is 386 Å². The summed E-state index contributed by atoms with van der Waals surface area (Å²) in [7, 11) is -9.89. The molecule has 0 saturated heterocycles. The second kappa shape index (κ2) is 64.8. The minimum atomic E-state index is -4.95. The van der Waals surface area contributed by atoms with E-state index in [0.717, 1.165) is 103 Å². The predicted octanol–water partition coefficient (Wildman–Crippen LogP) is 20.3. The van der Waals surface area contributed by atoms with Crippen molar-refractivity contribution >= 4 is 39.5 Å². The molecule has 89 heavy (non-hydrogen) atoms. The van der Waals surface area contributed by atoms with Gasteiger partial charge in [0.2, 0.25) is 0 Å². The van der Waals surface area contributed by atoms with Crippen molar-refractivity contribution in [3.8, 4) is 0 Å². The third-order valence-electron chi connectivity index (χ3n) is 16.4. The summed E-state index contributed by atoms with van der Waals surface area (Å²) in [5, 5.41) is 10.6. The summed E-state index contributed by atoms with van der Waals surface area (Å²) in [6.45, 7) is 4.91. The van der Waals surface area contributed by atoms with Crippen LogP contribution in [-0.4, -0.2) is 96.7 Å². The molecular formula is C70H136O17P2. The number of aliphatic hydroxyl groups is 1. The quantitative estimate of drug-likeness (QED) is 0.0222. The van der Waals surface area contributed by atoms with Crippen LogP contribution in [0.15, 0.2) is 0 Å². The van der Waals surface area contributed by atoms with Crippen LogP contribution in [0.3, 0.4) is 0 Å². The number of rotatable bonds is 71. The molecule has 0 aliphatic carbocycles. The fourth-order valence-electron chi connectivity index (χ4n) is 10.7. The first kappa shape index (κ1) is 87.1.